The van der Waals surface area contributed by atoms with Gasteiger partial charge in [0.15, 0.2) is 5.82 Å². The summed E-state index contributed by atoms with van der Waals surface area (Å²) in [4.78, 5) is 20.3. The molecule has 1 saturated carbocycles. The number of benzene rings is 2. The summed E-state index contributed by atoms with van der Waals surface area (Å²) in [7, 11) is -4.38. The van der Waals surface area contributed by atoms with Crippen LogP contribution in [0.15, 0.2) is 53.6 Å². The molecule has 11 heteroatoms. The molecule has 44 heavy (non-hydrogen) atoms. The number of rotatable bonds is 9. The third kappa shape index (κ3) is 5.83. The van der Waals surface area contributed by atoms with Crippen LogP contribution in [0, 0.1) is 42.3 Å². The molecule has 2 heterocycles. The van der Waals surface area contributed by atoms with Crippen molar-refractivity contribution < 1.29 is 31.1 Å². The first kappa shape index (κ1) is 31.3. The van der Waals surface area contributed by atoms with Gasteiger partial charge in [0.1, 0.15) is 17.2 Å². The molecule has 0 aliphatic heterocycles. The number of aryl methyl sites for hydroxylation is 1. The summed E-state index contributed by atoms with van der Waals surface area (Å²) in [6, 6.07) is 8.49. The number of hydrogen-bond acceptors (Lipinski definition) is 5. The number of ether oxygens (including phenoxy) is 1. The third-order valence-electron chi connectivity index (χ3n) is 8.66. The Bertz CT molecular complexity index is 1890. The molecule has 2 aromatic heterocycles. The number of hydrogen-bond donors (Lipinski definition) is 0. The Hall–Kier alpha value is -4.17. The van der Waals surface area contributed by atoms with E-state index in [1.165, 1.54) is 12.1 Å². The van der Waals surface area contributed by atoms with Crippen LogP contribution in [0.5, 0.6) is 0 Å². The van der Waals surface area contributed by atoms with Gasteiger partial charge in [-0.05, 0) is 68.7 Å². The molecule has 0 bridgehead atoms. The van der Waals surface area contributed by atoms with Crippen molar-refractivity contribution in [1.82, 2.24) is 8.96 Å². The predicted octanol–water partition coefficient (Wildman–Crippen LogP) is 7.91. The molecule has 1 aliphatic carbocycles. The van der Waals surface area contributed by atoms with Gasteiger partial charge in [-0.3, -0.25) is 9.78 Å². The monoisotopic (exact) mass is 623 g/mol. The van der Waals surface area contributed by atoms with Crippen LogP contribution in [0.3, 0.4) is 0 Å². The van der Waals surface area contributed by atoms with Gasteiger partial charge in [-0.2, -0.15) is 0 Å². The van der Waals surface area contributed by atoms with Gasteiger partial charge >= 0.3 is 5.97 Å². The van der Waals surface area contributed by atoms with E-state index in [1.54, 1.807) is 26.0 Å². The second-order valence-electron chi connectivity index (χ2n) is 11.6. The van der Waals surface area contributed by atoms with Gasteiger partial charge in [0.2, 0.25) is 5.69 Å². The number of fused-ring (bicyclic) bond motifs is 1. The lowest BCUT2D eigenvalue weighted by Crippen LogP contribution is -2.30. The summed E-state index contributed by atoms with van der Waals surface area (Å²) in [6.07, 6.45) is 4.82. The van der Waals surface area contributed by atoms with Crippen molar-refractivity contribution in [2.45, 2.75) is 64.2 Å². The lowest BCUT2D eigenvalue weighted by molar-refractivity contribution is -0.145. The lowest BCUT2D eigenvalue weighted by atomic mass is 9.71. The van der Waals surface area contributed by atoms with Gasteiger partial charge in [-0.1, -0.05) is 37.5 Å². The largest absolute Gasteiger partial charge is 0.466 e. The van der Waals surface area contributed by atoms with E-state index in [0.717, 1.165) is 49.6 Å². The van der Waals surface area contributed by atoms with E-state index in [0.29, 0.717) is 10.0 Å². The quantitative estimate of drug-likeness (QED) is 0.140. The number of esters is 1. The van der Waals surface area contributed by atoms with Crippen molar-refractivity contribution in [1.29, 1.82) is 0 Å². The van der Waals surface area contributed by atoms with Crippen LogP contribution < -0.4 is 0 Å². The molecular weight excluding hydrogens is 591 g/mol. The van der Waals surface area contributed by atoms with E-state index in [1.807, 2.05) is 0 Å². The van der Waals surface area contributed by atoms with Crippen LogP contribution in [0.4, 0.5) is 18.9 Å². The number of aromatic nitrogens is 2. The van der Waals surface area contributed by atoms with E-state index in [9.17, 15) is 17.6 Å². The molecule has 0 saturated heterocycles. The molecule has 0 radical (unpaired) electrons. The minimum atomic E-state index is -4.38. The Morgan fingerprint density at radius 1 is 1.11 bits per heavy atom. The Morgan fingerprint density at radius 3 is 2.43 bits per heavy atom. The number of carbonyl (C=O) groups is 1. The van der Waals surface area contributed by atoms with Crippen LogP contribution in [-0.4, -0.2) is 30.0 Å². The van der Waals surface area contributed by atoms with Crippen molar-refractivity contribution in [2.24, 2.45) is 11.3 Å². The van der Waals surface area contributed by atoms with Crippen molar-refractivity contribution >= 4 is 32.6 Å². The van der Waals surface area contributed by atoms with Crippen molar-refractivity contribution in [2.75, 3.05) is 6.61 Å². The zero-order valence-corrected chi connectivity index (χ0v) is 25.5. The highest BCUT2D eigenvalue weighted by Crippen LogP contribution is 2.47. The fourth-order valence-corrected chi connectivity index (χ4v) is 7.58. The standard InChI is InChI=1S/C33H32F3N3O4S/c1-5-43-30(40)15-21(33(3)12-6-7-13-33)14-28-26(35)18-29(37-4)31(38-28)25-19-39(32-24(25)16-22(34)17-27(32)36)44(41,42)23-10-8-20(2)9-11-23/h8-11,16-19,21H,5-7,12-15H2,1-3H3. The van der Waals surface area contributed by atoms with E-state index in [2.05, 4.69) is 16.8 Å². The van der Waals surface area contributed by atoms with Crippen molar-refractivity contribution in [3.8, 4) is 11.3 Å². The summed E-state index contributed by atoms with van der Waals surface area (Å²) < 4.78 is 78.8. The third-order valence-corrected chi connectivity index (χ3v) is 10.3. The van der Waals surface area contributed by atoms with E-state index < -0.39 is 39.0 Å². The first-order valence-electron chi connectivity index (χ1n) is 14.4. The number of carbonyl (C=O) groups excluding carboxylic acids is 1. The van der Waals surface area contributed by atoms with Gasteiger partial charge in [0.05, 0.1) is 29.5 Å². The molecular formula is C33H32F3N3O4S. The summed E-state index contributed by atoms with van der Waals surface area (Å²) in [5, 5.41) is -0.140. The molecule has 0 amide bonds. The SMILES string of the molecule is [C-]#[N+]c1cc(F)c(CC(CC(=O)OCC)C2(C)CCCC2)nc1-c1cn(S(=O)(=O)c2ccc(C)cc2)c2c(F)cc(F)cc12. The minimum Gasteiger partial charge on any atom is -0.466 e. The molecule has 1 fully saturated rings. The van der Waals surface area contributed by atoms with Crippen LogP contribution in [0.2, 0.25) is 0 Å². The minimum absolute atomic E-state index is 0.0333. The van der Waals surface area contributed by atoms with E-state index >= 15 is 8.78 Å². The highest BCUT2D eigenvalue weighted by atomic mass is 32.2. The van der Waals surface area contributed by atoms with Crippen LogP contribution in [0.25, 0.3) is 27.0 Å². The molecule has 230 valence electrons. The van der Waals surface area contributed by atoms with Crippen LogP contribution in [0.1, 0.15) is 57.2 Å². The van der Waals surface area contributed by atoms with Gasteiger partial charge in [-0.15, -0.1) is 0 Å². The molecule has 7 nitrogen and oxygen atoms in total. The smallest absolute Gasteiger partial charge is 0.306 e. The van der Waals surface area contributed by atoms with Crippen LogP contribution >= 0.6 is 0 Å². The zero-order chi connectivity index (χ0) is 31.8. The Labute approximate surface area is 254 Å². The van der Waals surface area contributed by atoms with Gasteiger partial charge < -0.3 is 4.74 Å². The van der Waals surface area contributed by atoms with E-state index in [4.69, 9.17) is 11.3 Å². The molecule has 1 unspecified atom stereocenters. The van der Waals surface area contributed by atoms with Gasteiger partial charge in [0.25, 0.3) is 10.0 Å². The fourth-order valence-electron chi connectivity index (χ4n) is 6.20. The lowest BCUT2D eigenvalue weighted by Gasteiger charge is -2.33. The first-order valence-corrected chi connectivity index (χ1v) is 15.9. The molecule has 1 atom stereocenters. The average molecular weight is 624 g/mol. The number of halogens is 3. The summed E-state index contributed by atoms with van der Waals surface area (Å²) in [6.45, 7) is 13.5. The maximum absolute atomic E-state index is 15.5. The van der Waals surface area contributed by atoms with Gasteiger partial charge in [-0.25, -0.2) is 30.4 Å². The Balaban J connectivity index is 1.69. The second-order valence-corrected chi connectivity index (χ2v) is 13.4. The molecule has 0 spiro atoms. The topological polar surface area (TPSA) is 82.6 Å². The maximum atomic E-state index is 15.5. The zero-order valence-electron chi connectivity index (χ0n) is 24.7. The molecule has 2 aromatic carbocycles. The first-order chi connectivity index (χ1) is 20.9. The van der Waals surface area contributed by atoms with Crippen molar-refractivity contribution in [3.63, 3.8) is 0 Å². The predicted molar refractivity (Wildman–Crippen MR) is 160 cm³/mol. The molecule has 0 N–H and O–H groups in total. The number of pyridine rings is 1. The normalized spacial score (nSPS) is 15.3. The molecule has 5 rings (SSSR count). The summed E-state index contributed by atoms with van der Waals surface area (Å²) >= 11 is 0. The Kier molecular flexibility index (Phi) is 8.58. The fraction of sp³-hybridized carbons (Fsp3) is 0.364. The highest BCUT2D eigenvalue weighted by Gasteiger charge is 2.39. The number of nitrogens with zero attached hydrogens (tertiary/aromatic N) is 3. The van der Waals surface area contributed by atoms with Crippen LogP contribution in [-0.2, 0) is 26.0 Å². The maximum Gasteiger partial charge on any atom is 0.306 e. The average Bonchev–Trinajstić information content (AvgIpc) is 3.59. The van der Waals surface area contributed by atoms with Crippen molar-refractivity contribution in [3.05, 3.63) is 88.8 Å². The Morgan fingerprint density at radius 2 is 1.80 bits per heavy atom. The molecule has 4 aromatic rings. The van der Waals surface area contributed by atoms with Gasteiger partial charge in [0, 0.05) is 29.6 Å². The highest BCUT2D eigenvalue weighted by molar-refractivity contribution is 7.90. The summed E-state index contributed by atoms with van der Waals surface area (Å²) in [5.41, 5.74) is -0.335. The second kappa shape index (κ2) is 12.1. The molecule has 1 aliphatic rings. The van der Waals surface area contributed by atoms with E-state index in [-0.39, 0.29) is 63.7 Å². The summed E-state index contributed by atoms with van der Waals surface area (Å²) in [5.74, 6) is -3.58.